The van der Waals surface area contributed by atoms with E-state index >= 15 is 0 Å². The van der Waals surface area contributed by atoms with E-state index in [9.17, 15) is 14.0 Å². The summed E-state index contributed by atoms with van der Waals surface area (Å²) in [4.78, 5) is 25.7. The molecule has 0 spiro atoms. The molecule has 1 N–H and O–H groups in total. The van der Waals surface area contributed by atoms with E-state index in [-0.39, 0.29) is 16.7 Å². The first-order valence-corrected chi connectivity index (χ1v) is 14.6. The number of amides is 1. The molecule has 4 rings (SSSR count). The quantitative estimate of drug-likeness (QED) is 0.153. The molecule has 4 aromatic rings. The molecule has 210 valence electrons. The Kier molecular flexibility index (Phi) is 9.49. The number of nitrogens with one attached hydrogen (secondary N) is 1. The number of esters is 1. The molecule has 1 amide bonds. The van der Waals surface area contributed by atoms with Crippen molar-refractivity contribution in [1.82, 2.24) is 14.8 Å². The van der Waals surface area contributed by atoms with E-state index in [1.807, 2.05) is 48.9 Å². The third-order valence-corrected chi connectivity index (χ3v) is 8.23. The molecule has 2 aromatic carbocycles. The molecular weight excluding hydrogens is 575 g/mol. The van der Waals surface area contributed by atoms with E-state index in [2.05, 4.69) is 15.5 Å². The van der Waals surface area contributed by atoms with Gasteiger partial charge in [0.2, 0.25) is 5.91 Å². The van der Waals surface area contributed by atoms with Crippen LogP contribution < -0.4 is 10.1 Å². The molecule has 0 fully saturated rings. The molecule has 1 unspecified atom stereocenters. The smallest absolute Gasteiger partial charge is 0.341 e. The molecule has 2 aromatic heterocycles. The van der Waals surface area contributed by atoms with Gasteiger partial charge in [-0.3, -0.25) is 4.79 Å². The number of thiophene rings is 1. The van der Waals surface area contributed by atoms with Crippen molar-refractivity contribution in [3.63, 3.8) is 0 Å². The maximum atomic E-state index is 13.4. The number of hydrogen-bond donors (Lipinski definition) is 1. The van der Waals surface area contributed by atoms with Gasteiger partial charge in [-0.05, 0) is 57.0 Å². The Morgan fingerprint density at radius 2 is 1.95 bits per heavy atom. The summed E-state index contributed by atoms with van der Waals surface area (Å²) in [6.45, 7) is 8.21. The van der Waals surface area contributed by atoms with Crippen molar-refractivity contribution < 1.29 is 23.5 Å². The fourth-order valence-electron chi connectivity index (χ4n) is 4.09. The molecule has 0 saturated heterocycles. The van der Waals surface area contributed by atoms with E-state index in [0.29, 0.717) is 39.4 Å². The molecule has 0 radical (unpaired) electrons. The number of methoxy groups -OCH3 is 1. The van der Waals surface area contributed by atoms with Gasteiger partial charge in [0.15, 0.2) is 17.1 Å². The van der Waals surface area contributed by atoms with E-state index in [0.717, 1.165) is 16.7 Å². The number of hydrogen-bond acceptors (Lipinski definition) is 8. The van der Waals surface area contributed by atoms with Crippen molar-refractivity contribution in [2.45, 2.75) is 45.5 Å². The third kappa shape index (κ3) is 6.48. The summed E-state index contributed by atoms with van der Waals surface area (Å²) in [5.74, 6) is -0.386. The molecule has 0 aliphatic carbocycles. The molecule has 12 heteroatoms. The molecule has 8 nitrogen and oxygen atoms in total. The lowest BCUT2D eigenvalue weighted by atomic mass is 9.97. The number of aryl methyl sites for hydroxylation is 2. The number of ether oxygens (including phenoxy) is 2. The van der Waals surface area contributed by atoms with Gasteiger partial charge in [0, 0.05) is 17.5 Å². The van der Waals surface area contributed by atoms with Crippen LogP contribution in [0.1, 0.15) is 47.3 Å². The second-order valence-corrected chi connectivity index (χ2v) is 11.1. The zero-order valence-electron chi connectivity index (χ0n) is 22.6. The summed E-state index contributed by atoms with van der Waals surface area (Å²) in [5.41, 5.74) is 4.02. The number of nitrogens with zero attached hydrogens (tertiary/aromatic N) is 3. The lowest BCUT2D eigenvalue weighted by molar-refractivity contribution is -0.113. The Hall–Kier alpha value is -3.41. The summed E-state index contributed by atoms with van der Waals surface area (Å²) < 4.78 is 26.2. The first kappa shape index (κ1) is 29.6. The van der Waals surface area contributed by atoms with Gasteiger partial charge in [-0.25, -0.2) is 9.18 Å². The van der Waals surface area contributed by atoms with Crippen LogP contribution in [0.15, 0.2) is 46.9 Å². The van der Waals surface area contributed by atoms with E-state index in [1.54, 1.807) is 6.92 Å². The van der Waals surface area contributed by atoms with Crippen molar-refractivity contribution in [2.24, 2.45) is 0 Å². The lowest BCUT2D eigenvalue weighted by Gasteiger charge is -2.16. The van der Waals surface area contributed by atoms with Crippen LogP contribution in [-0.2, 0) is 16.1 Å². The van der Waals surface area contributed by atoms with Crippen molar-refractivity contribution in [3.8, 4) is 16.9 Å². The summed E-state index contributed by atoms with van der Waals surface area (Å²) >= 11 is 8.58. The maximum Gasteiger partial charge on any atom is 0.341 e. The number of aromatic nitrogens is 3. The Morgan fingerprint density at radius 3 is 2.65 bits per heavy atom. The van der Waals surface area contributed by atoms with Gasteiger partial charge in [-0.1, -0.05) is 47.1 Å². The van der Waals surface area contributed by atoms with Crippen LogP contribution >= 0.6 is 34.7 Å². The number of rotatable bonds is 10. The van der Waals surface area contributed by atoms with Gasteiger partial charge in [0.25, 0.3) is 0 Å². The van der Waals surface area contributed by atoms with Gasteiger partial charge >= 0.3 is 5.97 Å². The minimum atomic E-state index is -0.532. The maximum absolute atomic E-state index is 13.4. The first-order valence-electron chi connectivity index (χ1n) is 12.4. The van der Waals surface area contributed by atoms with Crippen LogP contribution in [0.4, 0.5) is 9.39 Å². The van der Waals surface area contributed by atoms with Crippen molar-refractivity contribution in [3.05, 3.63) is 75.1 Å². The minimum Gasteiger partial charge on any atom is -0.481 e. The Labute approximate surface area is 244 Å². The Balaban J connectivity index is 1.48. The van der Waals surface area contributed by atoms with Crippen LogP contribution in [-0.4, -0.2) is 39.5 Å². The second kappa shape index (κ2) is 12.8. The normalized spacial score (nSPS) is 11.8. The fraction of sp³-hybridized carbons (Fsp3) is 0.286. The summed E-state index contributed by atoms with van der Waals surface area (Å²) in [7, 11) is 1.32. The highest BCUT2D eigenvalue weighted by molar-refractivity contribution is 7.99. The molecule has 0 bridgehead atoms. The first-order chi connectivity index (χ1) is 19.1. The number of carbonyl (C=O) groups is 2. The van der Waals surface area contributed by atoms with Gasteiger partial charge in [0.05, 0.1) is 17.9 Å². The fourth-order valence-corrected chi connectivity index (χ4v) is 6.08. The summed E-state index contributed by atoms with van der Waals surface area (Å²) in [6, 6.07) is 9.92. The van der Waals surface area contributed by atoms with Crippen molar-refractivity contribution in [2.75, 3.05) is 18.2 Å². The van der Waals surface area contributed by atoms with Gasteiger partial charge in [-0.15, -0.1) is 21.5 Å². The molecule has 0 aliphatic rings. The summed E-state index contributed by atoms with van der Waals surface area (Å²) in [5, 5.41) is 14.3. The Morgan fingerprint density at radius 1 is 1.18 bits per heavy atom. The molecular formula is C28H28ClFN4O4S2. The van der Waals surface area contributed by atoms with Gasteiger partial charge in [0.1, 0.15) is 22.1 Å². The molecule has 40 heavy (non-hydrogen) atoms. The molecule has 1 atom stereocenters. The number of anilines is 1. The highest BCUT2D eigenvalue weighted by Crippen LogP contribution is 2.38. The highest BCUT2D eigenvalue weighted by atomic mass is 35.5. The zero-order valence-corrected chi connectivity index (χ0v) is 25.0. The van der Waals surface area contributed by atoms with E-state index < -0.39 is 17.9 Å². The monoisotopic (exact) mass is 602 g/mol. The Bertz CT molecular complexity index is 1560. The highest BCUT2D eigenvalue weighted by Gasteiger charge is 2.24. The van der Waals surface area contributed by atoms with Gasteiger partial charge in [-0.2, -0.15) is 0 Å². The van der Waals surface area contributed by atoms with Crippen LogP contribution in [0.25, 0.3) is 11.1 Å². The lowest BCUT2D eigenvalue weighted by Crippen LogP contribution is -2.17. The molecule has 0 aliphatic heterocycles. The topological polar surface area (TPSA) is 95.3 Å². The third-order valence-electron chi connectivity index (χ3n) is 6.07. The van der Waals surface area contributed by atoms with Crippen LogP contribution in [0.2, 0.25) is 5.02 Å². The molecule has 2 heterocycles. The zero-order chi connectivity index (χ0) is 29.0. The number of carbonyl (C=O) groups excluding carboxylic acids is 2. The number of benzene rings is 2. The van der Waals surface area contributed by atoms with Crippen LogP contribution in [0.3, 0.4) is 0 Å². The second-order valence-electron chi connectivity index (χ2n) is 8.92. The van der Waals surface area contributed by atoms with Gasteiger partial charge < -0.3 is 19.4 Å². The van der Waals surface area contributed by atoms with Crippen LogP contribution in [0.5, 0.6) is 5.75 Å². The number of thioether (sulfide) groups is 1. The van der Waals surface area contributed by atoms with Crippen molar-refractivity contribution in [1.29, 1.82) is 0 Å². The van der Waals surface area contributed by atoms with E-state index in [1.165, 1.54) is 48.4 Å². The SMILES string of the molecule is CCn1c(SCC(=O)Nc2scc(-c3cc(C)ccc3C)c2C(=O)OC)nnc1C(C)Oc1ccc(F)cc1Cl. The largest absolute Gasteiger partial charge is 0.481 e. The average Bonchev–Trinajstić information content (AvgIpc) is 3.53. The van der Waals surface area contributed by atoms with Crippen molar-refractivity contribution >= 4 is 51.6 Å². The summed E-state index contributed by atoms with van der Waals surface area (Å²) in [6.07, 6.45) is -0.532. The molecule has 0 saturated carbocycles. The van der Waals surface area contributed by atoms with E-state index in [4.69, 9.17) is 21.1 Å². The predicted molar refractivity (Wildman–Crippen MR) is 156 cm³/mol. The predicted octanol–water partition coefficient (Wildman–Crippen LogP) is 7.09. The number of halogens is 2. The van der Waals surface area contributed by atoms with Crippen LogP contribution in [0, 0.1) is 19.7 Å². The average molecular weight is 603 g/mol. The standard InChI is InChI=1S/C28H28ClFN4O4S2/c1-6-34-25(17(4)38-22-10-9-18(30)12-21(22)29)32-33-28(34)40-14-23(35)31-26-24(27(36)37-5)20(13-39-26)19-11-15(2)7-8-16(19)3/h7-13,17H,6,14H2,1-5H3,(H,31,35). The minimum absolute atomic E-state index is 0.0362.